The highest BCUT2D eigenvalue weighted by Gasteiger charge is 2.37. The highest BCUT2D eigenvalue weighted by Crippen LogP contribution is 2.40. The number of aryl methyl sites for hydroxylation is 1. The van der Waals surface area contributed by atoms with Crippen molar-refractivity contribution in [2.45, 2.75) is 25.3 Å². The summed E-state index contributed by atoms with van der Waals surface area (Å²) < 4.78 is 82.0. The van der Waals surface area contributed by atoms with Crippen LogP contribution in [0.1, 0.15) is 50.5 Å². The number of hydrogen-bond acceptors (Lipinski definition) is 3. The molecule has 0 bridgehead atoms. The fourth-order valence-electron chi connectivity index (χ4n) is 4.22. The number of nitrogens with one attached hydrogen (secondary N) is 2. The Balaban J connectivity index is 1.76. The van der Waals surface area contributed by atoms with Gasteiger partial charge in [-0.25, -0.2) is 4.79 Å². The summed E-state index contributed by atoms with van der Waals surface area (Å²) >= 11 is 0. The van der Waals surface area contributed by atoms with E-state index < -0.39 is 47.1 Å². The molecule has 0 aliphatic carbocycles. The van der Waals surface area contributed by atoms with Gasteiger partial charge in [0.2, 0.25) is 0 Å². The van der Waals surface area contributed by atoms with Crippen LogP contribution in [0.2, 0.25) is 0 Å². The Morgan fingerprint density at radius 2 is 1.44 bits per heavy atom. The second-order valence-electron chi connectivity index (χ2n) is 8.84. The lowest BCUT2D eigenvalue weighted by Crippen LogP contribution is -2.29. The Kier molecular flexibility index (Phi) is 7.07. The summed E-state index contributed by atoms with van der Waals surface area (Å²) in [5.74, 6) is -1.78. The molecule has 3 aromatic carbocycles. The molecule has 0 aliphatic heterocycles. The number of carboxylic acid groups (broad SMARTS) is 1. The van der Waals surface area contributed by atoms with E-state index in [2.05, 4.69) is 10.6 Å². The molecular formula is C27H21F6N3O3. The molecule has 1 unspecified atom stereocenters. The number of para-hydroxylation sites is 1. The second kappa shape index (κ2) is 10.0. The number of hydrogen-bond donors (Lipinski definition) is 3. The zero-order valence-corrected chi connectivity index (χ0v) is 20.4. The van der Waals surface area contributed by atoms with Crippen LogP contribution in [-0.2, 0) is 19.4 Å². The van der Waals surface area contributed by atoms with Gasteiger partial charge >= 0.3 is 18.3 Å². The van der Waals surface area contributed by atoms with Gasteiger partial charge in [-0.1, -0.05) is 30.3 Å². The van der Waals surface area contributed by atoms with Gasteiger partial charge in [-0.2, -0.15) is 26.3 Å². The number of aromatic nitrogens is 1. The first kappa shape index (κ1) is 27.6. The number of anilines is 2. The van der Waals surface area contributed by atoms with E-state index in [0.29, 0.717) is 28.6 Å². The van der Waals surface area contributed by atoms with Crippen molar-refractivity contribution >= 4 is 34.2 Å². The first-order valence-corrected chi connectivity index (χ1v) is 11.4. The number of carboxylic acids is 1. The third kappa shape index (κ3) is 5.69. The van der Waals surface area contributed by atoms with Crippen molar-refractivity contribution in [1.82, 2.24) is 9.88 Å². The number of alkyl halides is 6. The second-order valence-corrected chi connectivity index (χ2v) is 8.84. The van der Waals surface area contributed by atoms with Gasteiger partial charge in [-0.15, -0.1) is 0 Å². The predicted molar refractivity (Wildman–Crippen MR) is 132 cm³/mol. The molecule has 0 radical (unpaired) electrons. The largest absolute Gasteiger partial charge is 0.478 e. The van der Waals surface area contributed by atoms with Gasteiger partial charge in [-0.3, -0.25) is 4.79 Å². The van der Waals surface area contributed by atoms with Crippen molar-refractivity contribution in [3.8, 4) is 0 Å². The average Bonchev–Trinajstić information content (AvgIpc) is 3.14. The molecule has 1 heterocycles. The number of amides is 1. The van der Waals surface area contributed by atoms with E-state index in [1.54, 1.807) is 38.2 Å². The van der Waals surface area contributed by atoms with Gasteiger partial charge in [0, 0.05) is 18.1 Å². The minimum Gasteiger partial charge on any atom is -0.478 e. The predicted octanol–water partition coefficient (Wildman–Crippen LogP) is 7.15. The lowest BCUT2D eigenvalue weighted by Gasteiger charge is -2.18. The molecule has 39 heavy (non-hydrogen) atoms. The number of carbonyl (C=O) groups excluding carboxylic acids is 1. The number of aromatic carboxylic acids is 1. The fourth-order valence-corrected chi connectivity index (χ4v) is 4.22. The molecule has 0 aliphatic rings. The minimum atomic E-state index is -5.04. The summed E-state index contributed by atoms with van der Waals surface area (Å²) in [4.78, 5) is 24.5. The number of carbonyl (C=O) groups is 2. The standard InChI is InChI=1S/C27H21F6N3O3/c1-14(15-7-9-16(10-8-15)25(38)39)34-24(37)23-22(20-5-3-4-6-21(20)36(23)2)35-19-12-17(26(28,29)30)11-18(13-19)27(31,32)33/h3-14,35H,1-2H3,(H,34,37)(H,38,39). The number of nitrogens with zero attached hydrogens (tertiary/aromatic N) is 1. The van der Waals surface area contributed by atoms with Crippen molar-refractivity contribution in [3.63, 3.8) is 0 Å². The Hall–Kier alpha value is -4.48. The Labute approximate surface area is 217 Å². The van der Waals surface area contributed by atoms with Gasteiger partial charge in [0.05, 0.1) is 33.9 Å². The normalized spacial score (nSPS) is 12.8. The molecule has 4 rings (SSSR count). The van der Waals surface area contributed by atoms with Crippen molar-refractivity contribution < 1.29 is 41.0 Å². The molecule has 1 aromatic heterocycles. The lowest BCUT2D eigenvalue weighted by molar-refractivity contribution is -0.143. The maximum absolute atomic E-state index is 13.4. The van der Waals surface area contributed by atoms with Gasteiger partial charge in [-0.05, 0) is 48.9 Å². The van der Waals surface area contributed by atoms with Crippen molar-refractivity contribution in [3.05, 3.63) is 94.7 Å². The van der Waals surface area contributed by atoms with Crippen LogP contribution < -0.4 is 10.6 Å². The molecule has 4 aromatic rings. The average molecular weight is 549 g/mol. The summed E-state index contributed by atoms with van der Waals surface area (Å²) in [6.45, 7) is 1.64. The quantitative estimate of drug-likeness (QED) is 0.223. The molecular weight excluding hydrogens is 528 g/mol. The number of halogens is 6. The van der Waals surface area contributed by atoms with Gasteiger partial charge in [0.25, 0.3) is 5.91 Å². The highest BCUT2D eigenvalue weighted by atomic mass is 19.4. The zero-order valence-electron chi connectivity index (χ0n) is 20.4. The fraction of sp³-hybridized carbons (Fsp3) is 0.185. The molecule has 0 saturated heterocycles. The van der Waals surface area contributed by atoms with Crippen LogP contribution in [0.25, 0.3) is 10.9 Å². The molecule has 0 fully saturated rings. The maximum Gasteiger partial charge on any atom is 0.416 e. The molecule has 204 valence electrons. The van der Waals surface area contributed by atoms with E-state index >= 15 is 0 Å². The Morgan fingerprint density at radius 1 is 0.872 bits per heavy atom. The van der Waals surface area contributed by atoms with E-state index in [4.69, 9.17) is 5.11 Å². The molecule has 1 atom stereocenters. The third-order valence-corrected chi connectivity index (χ3v) is 6.18. The Bertz CT molecular complexity index is 1520. The topological polar surface area (TPSA) is 83.4 Å². The molecule has 0 saturated carbocycles. The van der Waals surface area contributed by atoms with E-state index in [1.807, 2.05) is 0 Å². The summed E-state index contributed by atoms with van der Waals surface area (Å²) in [5, 5.41) is 14.9. The van der Waals surface area contributed by atoms with Crippen LogP contribution in [0.5, 0.6) is 0 Å². The minimum absolute atomic E-state index is 0.0199. The van der Waals surface area contributed by atoms with E-state index in [-0.39, 0.29) is 23.0 Å². The van der Waals surface area contributed by atoms with Crippen LogP contribution >= 0.6 is 0 Å². The van der Waals surface area contributed by atoms with Gasteiger partial charge in [0.1, 0.15) is 5.69 Å². The van der Waals surface area contributed by atoms with E-state index in [0.717, 1.165) is 0 Å². The van der Waals surface area contributed by atoms with Gasteiger partial charge < -0.3 is 20.3 Å². The third-order valence-electron chi connectivity index (χ3n) is 6.18. The van der Waals surface area contributed by atoms with Crippen LogP contribution in [-0.4, -0.2) is 21.6 Å². The monoisotopic (exact) mass is 549 g/mol. The van der Waals surface area contributed by atoms with Crippen LogP contribution in [0, 0.1) is 0 Å². The van der Waals surface area contributed by atoms with Gasteiger partial charge in [0.15, 0.2) is 0 Å². The Morgan fingerprint density at radius 3 is 1.97 bits per heavy atom. The zero-order chi connectivity index (χ0) is 28.7. The van der Waals surface area contributed by atoms with Crippen LogP contribution in [0.15, 0.2) is 66.7 Å². The summed E-state index contributed by atoms with van der Waals surface area (Å²) in [7, 11) is 1.54. The van der Waals surface area contributed by atoms with Crippen molar-refractivity contribution in [1.29, 1.82) is 0 Å². The lowest BCUT2D eigenvalue weighted by atomic mass is 10.1. The highest BCUT2D eigenvalue weighted by molar-refractivity contribution is 6.09. The van der Waals surface area contributed by atoms with Crippen LogP contribution in [0.4, 0.5) is 37.7 Å². The maximum atomic E-state index is 13.4. The molecule has 6 nitrogen and oxygen atoms in total. The van der Waals surface area contributed by atoms with Crippen molar-refractivity contribution in [2.24, 2.45) is 7.05 Å². The van der Waals surface area contributed by atoms with Crippen LogP contribution in [0.3, 0.4) is 0 Å². The summed E-state index contributed by atoms with van der Waals surface area (Å²) in [6, 6.07) is 12.8. The first-order valence-electron chi connectivity index (χ1n) is 11.4. The van der Waals surface area contributed by atoms with E-state index in [1.165, 1.54) is 28.8 Å². The van der Waals surface area contributed by atoms with Crippen molar-refractivity contribution in [2.75, 3.05) is 5.32 Å². The molecule has 12 heteroatoms. The molecule has 3 N–H and O–H groups in total. The summed E-state index contributed by atoms with van der Waals surface area (Å²) in [5.41, 5.74) is -2.37. The van der Waals surface area contributed by atoms with E-state index in [9.17, 15) is 35.9 Å². The molecule has 1 amide bonds. The number of rotatable bonds is 6. The first-order chi connectivity index (χ1) is 18.2. The smallest absolute Gasteiger partial charge is 0.416 e. The molecule has 0 spiro atoms. The SMILES string of the molecule is CC(NC(=O)c1c(Nc2cc(C(F)(F)F)cc(C(F)(F)F)c2)c2ccccc2n1C)c1ccc(C(=O)O)cc1. The number of benzene rings is 3. The number of fused-ring (bicyclic) bond motifs is 1. The summed E-state index contributed by atoms with van der Waals surface area (Å²) in [6.07, 6.45) is -10.1.